The average Bonchev–Trinajstić information content (AvgIpc) is 3.50. The Labute approximate surface area is 181 Å². The van der Waals surface area contributed by atoms with E-state index in [2.05, 4.69) is 5.32 Å². The number of ketones is 1. The Morgan fingerprint density at radius 2 is 1.78 bits per heavy atom. The first-order valence-electron chi connectivity index (χ1n) is 9.51. The number of nitrogens with one attached hydrogen (secondary N) is 1. The van der Waals surface area contributed by atoms with E-state index in [9.17, 15) is 19.7 Å². The highest BCUT2D eigenvalue weighted by Crippen LogP contribution is 2.25. The lowest BCUT2D eigenvalue weighted by Gasteiger charge is -2.04. The van der Waals surface area contributed by atoms with Crippen molar-refractivity contribution < 1.29 is 23.3 Å². The van der Waals surface area contributed by atoms with Gasteiger partial charge in [0.05, 0.1) is 11.2 Å². The number of nitro groups is 1. The number of allylic oxidation sites excluding steroid dienone is 1. The van der Waals surface area contributed by atoms with E-state index in [0.717, 1.165) is 0 Å². The third kappa shape index (κ3) is 4.71. The Hall–Kier alpha value is -4.72. The first-order chi connectivity index (χ1) is 15.5. The monoisotopic (exact) mass is 428 g/mol. The van der Waals surface area contributed by atoms with Gasteiger partial charge < -0.3 is 14.2 Å². The van der Waals surface area contributed by atoms with Crippen molar-refractivity contribution in [2.24, 2.45) is 0 Å². The van der Waals surface area contributed by atoms with Crippen LogP contribution in [0.2, 0.25) is 0 Å². The molecule has 0 aliphatic carbocycles. The zero-order valence-corrected chi connectivity index (χ0v) is 16.6. The van der Waals surface area contributed by atoms with Gasteiger partial charge in [-0.2, -0.15) is 0 Å². The Balaban J connectivity index is 1.43. The molecule has 0 spiro atoms. The number of carbonyl (C=O) groups excluding carboxylic acids is 2. The number of furan rings is 2. The van der Waals surface area contributed by atoms with Crippen molar-refractivity contribution in [3.63, 3.8) is 0 Å². The molecule has 8 heteroatoms. The highest BCUT2D eigenvalue weighted by molar-refractivity contribution is 6.08. The Kier molecular flexibility index (Phi) is 5.76. The number of non-ortho nitro benzene ring substituents is 1. The fourth-order valence-electron chi connectivity index (χ4n) is 2.95. The van der Waals surface area contributed by atoms with Gasteiger partial charge in [-0.3, -0.25) is 19.7 Å². The van der Waals surface area contributed by atoms with E-state index in [0.29, 0.717) is 28.3 Å². The maximum atomic E-state index is 12.5. The number of anilines is 1. The molecule has 2 aromatic carbocycles. The van der Waals surface area contributed by atoms with Gasteiger partial charge in [0, 0.05) is 28.9 Å². The molecular formula is C24H16N2O6. The van der Waals surface area contributed by atoms with Crippen LogP contribution < -0.4 is 5.32 Å². The standard InChI is InChI=1S/C24H16N2O6/c27-21(17-3-1-4-18(15-17)25-24(28)23-5-2-14-31-23)12-10-20-11-13-22(32-20)16-6-8-19(9-7-16)26(29)30/h1-15H,(H,25,28)/b12-10+. The molecule has 2 heterocycles. The van der Waals surface area contributed by atoms with Gasteiger partial charge in [0.15, 0.2) is 11.5 Å². The third-order valence-electron chi connectivity index (χ3n) is 4.54. The van der Waals surface area contributed by atoms with Gasteiger partial charge in [0.25, 0.3) is 11.6 Å². The second-order valence-electron chi connectivity index (χ2n) is 6.72. The van der Waals surface area contributed by atoms with Crippen LogP contribution in [-0.2, 0) is 0 Å². The van der Waals surface area contributed by atoms with E-state index >= 15 is 0 Å². The predicted molar refractivity (Wildman–Crippen MR) is 117 cm³/mol. The lowest BCUT2D eigenvalue weighted by molar-refractivity contribution is -0.384. The second kappa shape index (κ2) is 8.97. The molecule has 0 saturated heterocycles. The number of benzene rings is 2. The summed E-state index contributed by atoms with van der Waals surface area (Å²) >= 11 is 0. The molecule has 0 aliphatic heterocycles. The van der Waals surface area contributed by atoms with Crippen LogP contribution >= 0.6 is 0 Å². The minimum atomic E-state index is -0.469. The van der Waals surface area contributed by atoms with Gasteiger partial charge in [-0.05, 0) is 60.7 Å². The van der Waals surface area contributed by atoms with Crippen LogP contribution in [0.3, 0.4) is 0 Å². The van der Waals surface area contributed by atoms with Gasteiger partial charge >= 0.3 is 0 Å². The number of nitro benzene ring substituents is 1. The van der Waals surface area contributed by atoms with Gasteiger partial charge in [-0.15, -0.1) is 0 Å². The molecule has 1 amide bonds. The molecule has 0 aliphatic rings. The third-order valence-corrected chi connectivity index (χ3v) is 4.54. The molecule has 0 radical (unpaired) electrons. The summed E-state index contributed by atoms with van der Waals surface area (Å²) in [5.74, 6) is 0.462. The van der Waals surface area contributed by atoms with Crippen LogP contribution in [0.1, 0.15) is 26.7 Å². The SMILES string of the molecule is O=C(/C=C/c1ccc(-c2ccc([N+](=O)[O-])cc2)o1)c1cccc(NC(=O)c2ccco2)c1. The van der Waals surface area contributed by atoms with E-state index < -0.39 is 10.8 Å². The lowest BCUT2D eigenvalue weighted by atomic mass is 10.1. The molecule has 2 aromatic heterocycles. The van der Waals surface area contributed by atoms with Crippen molar-refractivity contribution in [1.82, 2.24) is 0 Å². The predicted octanol–water partition coefficient (Wildman–Crippen LogP) is 5.60. The molecule has 4 rings (SSSR count). The van der Waals surface area contributed by atoms with Crippen LogP contribution in [-0.4, -0.2) is 16.6 Å². The van der Waals surface area contributed by atoms with E-state index in [4.69, 9.17) is 8.83 Å². The van der Waals surface area contributed by atoms with Crippen molar-refractivity contribution in [3.05, 3.63) is 112 Å². The molecule has 0 bridgehead atoms. The number of hydrogen-bond donors (Lipinski definition) is 1. The molecule has 0 fully saturated rings. The molecule has 0 saturated carbocycles. The summed E-state index contributed by atoms with van der Waals surface area (Å²) in [5, 5.41) is 13.4. The number of rotatable bonds is 7. The fourth-order valence-corrected chi connectivity index (χ4v) is 2.95. The number of nitrogens with zero attached hydrogens (tertiary/aromatic N) is 1. The van der Waals surface area contributed by atoms with Gasteiger partial charge in [-0.1, -0.05) is 12.1 Å². The van der Waals surface area contributed by atoms with Gasteiger partial charge in [-0.25, -0.2) is 0 Å². The molecule has 0 unspecified atom stereocenters. The highest BCUT2D eigenvalue weighted by Gasteiger charge is 2.11. The Morgan fingerprint density at radius 3 is 2.50 bits per heavy atom. The van der Waals surface area contributed by atoms with E-state index in [1.165, 1.54) is 30.5 Å². The molecule has 4 aromatic rings. The van der Waals surface area contributed by atoms with Crippen molar-refractivity contribution >= 4 is 29.1 Å². The maximum Gasteiger partial charge on any atom is 0.291 e. The highest BCUT2D eigenvalue weighted by atomic mass is 16.6. The normalized spacial score (nSPS) is 10.9. The largest absolute Gasteiger partial charge is 0.459 e. The average molecular weight is 428 g/mol. The van der Waals surface area contributed by atoms with E-state index in [1.54, 1.807) is 60.7 Å². The molecule has 1 N–H and O–H groups in total. The van der Waals surface area contributed by atoms with Gasteiger partial charge in [0.1, 0.15) is 11.5 Å². The van der Waals surface area contributed by atoms with Crippen LogP contribution in [0, 0.1) is 10.1 Å². The Morgan fingerprint density at radius 1 is 0.969 bits per heavy atom. The maximum absolute atomic E-state index is 12.5. The fraction of sp³-hybridized carbons (Fsp3) is 0. The van der Waals surface area contributed by atoms with Crippen molar-refractivity contribution in [2.75, 3.05) is 5.32 Å². The number of carbonyl (C=O) groups is 2. The van der Waals surface area contributed by atoms with Gasteiger partial charge in [0.2, 0.25) is 0 Å². The van der Waals surface area contributed by atoms with Crippen LogP contribution in [0.5, 0.6) is 0 Å². The minimum Gasteiger partial charge on any atom is -0.459 e. The van der Waals surface area contributed by atoms with Crippen LogP contribution in [0.25, 0.3) is 17.4 Å². The summed E-state index contributed by atoms with van der Waals surface area (Å²) in [4.78, 5) is 34.9. The van der Waals surface area contributed by atoms with Crippen LogP contribution in [0.15, 0.2) is 94.0 Å². The molecule has 8 nitrogen and oxygen atoms in total. The first kappa shape index (κ1) is 20.5. The zero-order chi connectivity index (χ0) is 22.5. The van der Waals surface area contributed by atoms with Crippen molar-refractivity contribution in [2.45, 2.75) is 0 Å². The molecule has 32 heavy (non-hydrogen) atoms. The lowest BCUT2D eigenvalue weighted by Crippen LogP contribution is -2.11. The smallest absolute Gasteiger partial charge is 0.291 e. The van der Waals surface area contributed by atoms with E-state index in [-0.39, 0.29) is 17.2 Å². The first-order valence-corrected chi connectivity index (χ1v) is 9.51. The Bertz CT molecular complexity index is 1300. The van der Waals surface area contributed by atoms with Crippen molar-refractivity contribution in [1.29, 1.82) is 0 Å². The van der Waals surface area contributed by atoms with Crippen LogP contribution in [0.4, 0.5) is 11.4 Å². The topological polar surface area (TPSA) is 116 Å². The van der Waals surface area contributed by atoms with E-state index in [1.807, 2.05) is 0 Å². The summed E-state index contributed by atoms with van der Waals surface area (Å²) in [6.45, 7) is 0. The molecular weight excluding hydrogens is 412 g/mol. The summed E-state index contributed by atoms with van der Waals surface area (Å²) in [6, 6.07) is 19.1. The zero-order valence-electron chi connectivity index (χ0n) is 16.6. The summed E-state index contributed by atoms with van der Waals surface area (Å²) in [7, 11) is 0. The van der Waals surface area contributed by atoms with Crippen molar-refractivity contribution in [3.8, 4) is 11.3 Å². The second-order valence-corrected chi connectivity index (χ2v) is 6.72. The quantitative estimate of drug-likeness (QED) is 0.177. The number of amides is 1. The minimum absolute atomic E-state index is 0.00592. The summed E-state index contributed by atoms with van der Waals surface area (Å²) < 4.78 is 10.8. The summed E-state index contributed by atoms with van der Waals surface area (Å²) in [5.41, 5.74) is 1.53. The molecule has 158 valence electrons. The summed E-state index contributed by atoms with van der Waals surface area (Å²) in [6.07, 6.45) is 4.30. The number of hydrogen-bond acceptors (Lipinski definition) is 6. The molecule has 0 atom stereocenters.